The highest BCUT2D eigenvalue weighted by molar-refractivity contribution is 6.30. The maximum absolute atomic E-state index is 11.2. The molecule has 0 saturated heterocycles. The molecule has 0 N–H and O–H groups in total. The van der Waals surface area contributed by atoms with Crippen LogP contribution in [-0.2, 0) is 19.1 Å². The molecule has 0 unspecified atom stereocenters. The van der Waals surface area contributed by atoms with Gasteiger partial charge in [-0.3, -0.25) is 0 Å². The van der Waals surface area contributed by atoms with Crippen LogP contribution in [0, 0.1) is 0 Å². The first-order valence-corrected chi connectivity index (χ1v) is 10.3. The van der Waals surface area contributed by atoms with E-state index < -0.39 is 0 Å². The van der Waals surface area contributed by atoms with Crippen LogP contribution in [-0.4, -0.2) is 37.9 Å². The fourth-order valence-electron chi connectivity index (χ4n) is 2.22. The summed E-state index contributed by atoms with van der Waals surface area (Å²) in [5.74, 6) is 0.365. The Balaban J connectivity index is 0.000000267. The predicted octanol–water partition coefficient (Wildman–Crippen LogP) is 5.80. The van der Waals surface area contributed by atoms with Crippen molar-refractivity contribution < 1.29 is 28.7 Å². The van der Waals surface area contributed by atoms with E-state index in [9.17, 15) is 19.2 Å². The minimum atomic E-state index is -0.380. The standard InChI is InChI=1S/C10H9NO3.C8H7NO2.C7H4ClNO/c1-2-14-10(13)8-3-5-9(6-4-8)11-7-12;1-11-8-4-2-7(3-5-8)9-6-10;8-6-1-3-7(4-2-6)9-5-10/h3-6H,2H2,1H3;2-5H,1H3;1-4H. The molecule has 0 aliphatic rings. The van der Waals surface area contributed by atoms with Gasteiger partial charge in [0.2, 0.25) is 18.2 Å². The van der Waals surface area contributed by atoms with Crippen LogP contribution in [0.1, 0.15) is 17.3 Å². The second-order valence-corrected chi connectivity index (χ2v) is 6.49. The van der Waals surface area contributed by atoms with Gasteiger partial charge in [0, 0.05) is 5.02 Å². The smallest absolute Gasteiger partial charge is 0.338 e. The molecule has 0 saturated carbocycles. The number of benzene rings is 3. The summed E-state index contributed by atoms with van der Waals surface area (Å²) in [6.45, 7) is 2.08. The number of ether oxygens (including phenoxy) is 2. The zero-order chi connectivity index (χ0) is 25.9. The first-order chi connectivity index (χ1) is 17.0. The highest BCUT2D eigenvalue weighted by Gasteiger charge is 2.04. The van der Waals surface area contributed by atoms with E-state index in [4.69, 9.17) is 21.1 Å². The normalized spacial score (nSPS) is 8.66. The molecule has 3 rings (SSSR count). The number of aliphatic imine (C=N–C) groups is 3. The number of isocyanates is 3. The van der Waals surface area contributed by atoms with Gasteiger partial charge in [-0.15, -0.1) is 0 Å². The predicted molar refractivity (Wildman–Crippen MR) is 130 cm³/mol. The fourth-order valence-corrected chi connectivity index (χ4v) is 2.34. The van der Waals surface area contributed by atoms with Crippen LogP contribution in [0.2, 0.25) is 5.02 Å². The number of rotatable bonds is 6. The van der Waals surface area contributed by atoms with Gasteiger partial charge >= 0.3 is 5.97 Å². The van der Waals surface area contributed by atoms with Crippen LogP contribution in [0.5, 0.6) is 5.75 Å². The number of nitrogens with zero attached hydrogens (tertiary/aromatic N) is 3. The van der Waals surface area contributed by atoms with Gasteiger partial charge in [-0.25, -0.2) is 19.2 Å². The number of hydrogen-bond donors (Lipinski definition) is 0. The van der Waals surface area contributed by atoms with Crippen molar-refractivity contribution in [2.75, 3.05) is 13.7 Å². The van der Waals surface area contributed by atoms with E-state index >= 15 is 0 Å². The number of carbonyl (C=O) groups is 1. The molecular weight excluding hydrogens is 474 g/mol. The molecule has 0 amide bonds. The van der Waals surface area contributed by atoms with Crippen molar-refractivity contribution in [3.8, 4) is 5.75 Å². The summed E-state index contributed by atoms with van der Waals surface area (Å²) in [6.07, 6.45) is 4.31. The lowest BCUT2D eigenvalue weighted by Gasteiger charge is -2.00. The SMILES string of the molecule is CCOC(=O)c1ccc(N=C=O)cc1.COc1ccc(N=C=O)cc1.O=C=Nc1ccc(Cl)cc1. The molecule has 9 nitrogen and oxygen atoms in total. The summed E-state index contributed by atoms with van der Waals surface area (Å²) in [5.41, 5.74) is 2.06. The van der Waals surface area contributed by atoms with E-state index in [0.29, 0.717) is 34.3 Å². The number of esters is 1. The summed E-state index contributed by atoms with van der Waals surface area (Å²) < 4.78 is 9.69. The second-order valence-electron chi connectivity index (χ2n) is 6.05. The van der Waals surface area contributed by atoms with Gasteiger partial charge in [-0.2, -0.15) is 15.0 Å². The Labute approximate surface area is 206 Å². The Morgan fingerprint density at radius 3 is 1.51 bits per heavy atom. The van der Waals surface area contributed by atoms with Crippen LogP contribution >= 0.6 is 11.6 Å². The molecule has 0 radical (unpaired) electrons. The molecule has 0 aliphatic heterocycles. The average molecular weight is 494 g/mol. The van der Waals surface area contributed by atoms with Gasteiger partial charge in [0.15, 0.2) is 0 Å². The minimum Gasteiger partial charge on any atom is -0.497 e. The number of halogens is 1. The quantitative estimate of drug-likeness (QED) is 0.243. The molecule has 0 atom stereocenters. The number of carbonyl (C=O) groups excluding carboxylic acids is 4. The highest BCUT2D eigenvalue weighted by Crippen LogP contribution is 2.17. The highest BCUT2D eigenvalue weighted by atomic mass is 35.5. The minimum absolute atomic E-state index is 0.340. The van der Waals surface area contributed by atoms with Gasteiger partial charge in [0.1, 0.15) is 5.75 Å². The third kappa shape index (κ3) is 11.7. The molecule has 10 heteroatoms. The van der Waals surface area contributed by atoms with Crippen LogP contribution in [0.4, 0.5) is 17.1 Å². The molecule has 0 aromatic heterocycles. The van der Waals surface area contributed by atoms with Gasteiger partial charge in [0.25, 0.3) is 0 Å². The van der Waals surface area contributed by atoms with Crippen molar-refractivity contribution in [3.63, 3.8) is 0 Å². The Kier molecular flexibility index (Phi) is 13.7. The van der Waals surface area contributed by atoms with Gasteiger partial charge < -0.3 is 9.47 Å². The lowest BCUT2D eigenvalue weighted by molar-refractivity contribution is 0.0526. The first kappa shape index (κ1) is 28.4. The molecule has 0 heterocycles. The topological polar surface area (TPSA) is 124 Å². The van der Waals surface area contributed by atoms with Crippen molar-refractivity contribution in [1.29, 1.82) is 0 Å². The molecule has 0 fully saturated rings. The summed E-state index contributed by atoms with van der Waals surface area (Å²) in [6, 6.07) is 19.7. The molecule has 178 valence electrons. The third-order valence-electron chi connectivity index (χ3n) is 3.80. The molecular formula is C25H20ClN3O6. The molecule has 0 bridgehead atoms. The first-order valence-electron chi connectivity index (χ1n) is 9.87. The van der Waals surface area contributed by atoms with E-state index in [-0.39, 0.29) is 5.97 Å². The Morgan fingerprint density at radius 1 is 0.743 bits per heavy atom. The van der Waals surface area contributed by atoms with Gasteiger partial charge in [0.05, 0.1) is 36.3 Å². The zero-order valence-electron chi connectivity index (χ0n) is 18.8. The van der Waals surface area contributed by atoms with Crippen molar-refractivity contribution in [1.82, 2.24) is 0 Å². The van der Waals surface area contributed by atoms with Crippen LogP contribution in [0.15, 0.2) is 87.8 Å². The molecule has 0 aliphatic carbocycles. The van der Waals surface area contributed by atoms with Crippen molar-refractivity contribution in [2.24, 2.45) is 15.0 Å². The summed E-state index contributed by atoms with van der Waals surface area (Å²) in [4.78, 5) is 50.8. The average Bonchev–Trinajstić information content (AvgIpc) is 2.88. The second kappa shape index (κ2) is 16.9. The lowest BCUT2D eigenvalue weighted by Crippen LogP contribution is -2.03. The van der Waals surface area contributed by atoms with Crippen LogP contribution in [0.25, 0.3) is 0 Å². The maximum atomic E-state index is 11.2. The van der Waals surface area contributed by atoms with Crippen molar-refractivity contribution in [2.45, 2.75) is 6.92 Å². The van der Waals surface area contributed by atoms with E-state index in [1.165, 1.54) is 18.2 Å². The van der Waals surface area contributed by atoms with Gasteiger partial charge in [-0.05, 0) is 79.7 Å². The van der Waals surface area contributed by atoms with E-state index in [1.807, 2.05) is 0 Å². The van der Waals surface area contributed by atoms with Crippen LogP contribution in [0.3, 0.4) is 0 Å². The van der Waals surface area contributed by atoms with Crippen molar-refractivity contribution >= 4 is 52.9 Å². The number of methoxy groups -OCH3 is 1. The number of hydrogen-bond acceptors (Lipinski definition) is 9. The maximum Gasteiger partial charge on any atom is 0.338 e. The van der Waals surface area contributed by atoms with Crippen molar-refractivity contribution in [3.05, 3.63) is 83.4 Å². The Hall–Kier alpha value is -4.64. The lowest BCUT2D eigenvalue weighted by atomic mass is 10.2. The molecule has 3 aromatic carbocycles. The molecule has 35 heavy (non-hydrogen) atoms. The third-order valence-corrected chi connectivity index (χ3v) is 4.05. The monoisotopic (exact) mass is 493 g/mol. The Bertz CT molecular complexity index is 1210. The van der Waals surface area contributed by atoms with Gasteiger partial charge in [-0.1, -0.05) is 11.6 Å². The largest absolute Gasteiger partial charge is 0.497 e. The summed E-state index contributed by atoms with van der Waals surface area (Å²) >= 11 is 5.57. The van der Waals surface area contributed by atoms with Crippen LogP contribution < -0.4 is 4.74 Å². The van der Waals surface area contributed by atoms with E-state index in [0.717, 1.165) is 5.75 Å². The van der Waals surface area contributed by atoms with E-state index in [1.54, 1.807) is 86.8 Å². The Morgan fingerprint density at radius 2 is 1.14 bits per heavy atom. The summed E-state index contributed by atoms with van der Waals surface area (Å²) in [5, 5.41) is 0.629. The van der Waals surface area contributed by atoms with E-state index in [2.05, 4.69) is 15.0 Å². The fraction of sp³-hybridized carbons (Fsp3) is 0.120. The summed E-state index contributed by atoms with van der Waals surface area (Å²) in [7, 11) is 1.58. The molecule has 3 aromatic rings. The zero-order valence-corrected chi connectivity index (χ0v) is 19.6. The molecule has 0 spiro atoms.